The van der Waals surface area contributed by atoms with Crippen LogP contribution in [-0.4, -0.2) is 46.1 Å². The van der Waals surface area contributed by atoms with Crippen LogP contribution in [0.25, 0.3) is 0 Å². The zero-order chi connectivity index (χ0) is 16.3. The molecule has 1 aliphatic heterocycles. The number of carbonyl (C=O) groups excluding carboxylic acids is 1. The summed E-state index contributed by atoms with van der Waals surface area (Å²) in [4.78, 5) is 14.3. The van der Waals surface area contributed by atoms with E-state index in [9.17, 15) is 4.79 Å². The van der Waals surface area contributed by atoms with Crippen LogP contribution in [0.5, 0.6) is 0 Å². The Bertz CT molecular complexity index is 497. The molecule has 3 atom stereocenters. The monoisotopic (exact) mass is 364 g/mol. The summed E-state index contributed by atoms with van der Waals surface area (Å²) >= 11 is 18.3. The standard InChI is InChI=1S/C15H19Cl3N2O2/c1-10-8-20(9-11(2)22-10)14(15(16,17)18)19-13(21)12-6-4-3-5-7-12/h3-7,10-11,14H,8-9H2,1-2H3,(H,19,21)/t10-,11+,14-/m0/s1. The van der Waals surface area contributed by atoms with Crippen molar-refractivity contribution in [1.29, 1.82) is 0 Å². The second-order valence-corrected chi connectivity index (χ2v) is 7.86. The maximum absolute atomic E-state index is 12.4. The molecule has 1 heterocycles. The molecule has 1 saturated heterocycles. The highest BCUT2D eigenvalue weighted by molar-refractivity contribution is 6.68. The molecule has 1 amide bonds. The number of halogens is 3. The molecule has 2 rings (SSSR count). The summed E-state index contributed by atoms with van der Waals surface area (Å²) in [5, 5.41) is 2.82. The van der Waals surface area contributed by atoms with Crippen molar-refractivity contribution in [2.75, 3.05) is 13.1 Å². The van der Waals surface area contributed by atoms with Crippen LogP contribution in [0.15, 0.2) is 30.3 Å². The van der Waals surface area contributed by atoms with E-state index in [2.05, 4.69) is 5.32 Å². The fourth-order valence-corrected chi connectivity index (χ4v) is 3.18. The van der Waals surface area contributed by atoms with E-state index in [0.29, 0.717) is 18.7 Å². The number of carbonyl (C=O) groups is 1. The molecule has 1 aliphatic rings. The average molecular weight is 366 g/mol. The highest BCUT2D eigenvalue weighted by Gasteiger charge is 2.41. The Morgan fingerprint density at radius 3 is 2.27 bits per heavy atom. The second kappa shape index (κ2) is 7.37. The first kappa shape index (κ1) is 17.8. The zero-order valence-electron chi connectivity index (χ0n) is 12.4. The normalized spacial score (nSPS) is 24.8. The lowest BCUT2D eigenvalue weighted by Gasteiger charge is -2.42. The Hall–Kier alpha value is -0.520. The van der Waals surface area contributed by atoms with E-state index in [0.717, 1.165) is 0 Å². The molecular formula is C15H19Cl3N2O2. The first-order valence-corrected chi connectivity index (χ1v) is 8.23. The third kappa shape index (κ3) is 4.74. The molecule has 1 aromatic carbocycles. The van der Waals surface area contributed by atoms with Crippen molar-refractivity contribution < 1.29 is 9.53 Å². The summed E-state index contributed by atoms with van der Waals surface area (Å²) < 4.78 is 4.05. The van der Waals surface area contributed by atoms with Crippen LogP contribution in [0, 0.1) is 0 Å². The lowest BCUT2D eigenvalue weighted by molar-refractivity contribution is -0.0826. The highest BCUT2D eigenvalue weighted by atomic mass is 35.6. The number of morpholine rings is 1. The fraction of sp³-hybridized carbons (Fsp3) is 0.533. The number of nitrogens with one attached hydrogen (secondary N) is 1. The van der Waals surface area contributed by atoms with Gasteiger partial charge in [-0.25, -0.2) is 0 Å². The van der Waals surface area contributed by atoms with Gasteiger partial charge in [0.05, 0.1) is 12.2 Å². The molecule has 0 spiro atoms. The van der Waals surface area contributed by atoms with Gasteiger partial charge in [-0.05, 0) is 26.0 Å². The Morgan fingerprint density at radius 1 is 1.23 bits per heavy atom. The molecule has 0 aromatic heterocycles. The molecule has 0 radical (unpaired) electrons. The molecule has 7 heteroatoms. The predicted molar refractivity (Wildman–Crippen MR) is 89.6 cm³/mol. The molecule has 1 N–H and O–H groups in total. The van der Waals surface area contributed by atoms with Gasteiger partial charge in [-0.2, -0.15) is 0 Å². The average Bonchev–Trinajstić information content (AvgIpc) is 2.43. The Morgan fingerprint density at radius 2 is 1.77 bits per heavy atom. The first-order valence-electron chi connectivity index (χ1n) is 7.09. The zero-order valence-corrected chi connectivity index (χ0v) is 14.7. The Labute approximate surface area is 145 Å². The number of hydrogen-bond donors (Lipinski definition) is 1. The van der Waals surface area contributed by atoms with Crippen molar-refractivity contribution in [3.63, 3.8) is 0 Å². The number of benzene rings is 1. The molecule has 0 saturated carbocycles. The van der Waals surface area contributed by atoms with Crippen LogP contribution in [-0.2, 0) is 4.74 Å². The van der Waals surface area contributed by atoms with Gasteiger partial charge < -0.3 is 10.1 Å². The van der Waals surface area contributed by atoms with E-state index in [4.69, 9.17) is 39.5 Å². The van der Waals surface area contributed by atoms with Crippen molar-refractivity contribution in [2.45, 2.75) is 36.0 Å². The smallest absolute Gasteiger partial charge is 0.252 e. The van der Waals surface area contributed by atoms with Gasteiger partial charge in [-0.3, -0.25) is 9.69 Å². The highest BCUT2D eigenvalue weighted by Crippen LogP contribution is 2.33. The number of hydrogen-bond acceptors (Lipinski definition) is 3. The van der Waals surface area contributed by atoms with Gasteiger partial charge in [0, 0.05) is 18.7 Å². The third-order valence-corrected chi connectivity index (χ3v) is 4.05. The molecule has 1 fully saturated rings. The molecule has 122 valence electrons. The number of amides is 1. The van der Waals surface area contributed by atoms with Crippen LogP contribution in [0.4, 0.5) is 0 Å². The number of alkyl halides is 3. The summed E-state index contributed by atoms with van der Waals surface area (Å²) in [6.07, 6.45) is -0.710. The maximum atomic E-state index is 12.4. The quantitative estimate of drug-likeness (QED) is 0.836. The summed E-state index contributed by atoms with van der Waals surface area (Å²) in [5.41, 5.74) is 0.524. The van der Waals surface area contributed by atoms with Crippen LogP contribution >= 0.6 is 34.8 Å². The summed E-state index contributed by atoms with van der Waals surface area (Å²) in [5.74, 6) is -0.274. The topological polar surface area (TPSA) is 41.6 Å². The van der Waals surface area contributed by atoms with E-state index in [-0.39, 0.29) is 18.1 Å². The summed E-state index contributed by atoms with van der Waals surface area (Å²) in [6, 6.07) is 8.86. The molecule has 0 bridgehead atoms. The van der Waals surface area contributed by atoms with Crippen LogP contribution < -0.4 is 5.32 Å². The summed E-state index contributed by atoms with van der Waals surface area (Å²) in [6.45, 7) is 5.07. The second-order valence-electron chi connectivity index (χ2n) is 5.49. The molecule has 4 nitrogen and oxygen atoms in total. The van der Waals surface area contributed by atoms with Gasteiger partial charge in [0.25, 0.3) is 5.91 Å². The summed E-state index contributed by atoms with van der Waals surface area (Å²) in [7, 11) is 0. The van der Waals surface area contributed by atoms with Crippen molar-refractivity contribution in [3.8, 4) is 0 Å². The van der Waals surface area contributed by atoms with Crippen molar-refractivity contribution in [1.82, 2.24) is 10.2 Å². The van der Waals surface area contributed by atoms with Crippen LogP contribution in [0.3, 0.4) is 0 Å². The maximum Gasteiger partial charge on any atom is 0.252 e. The van der Waals surface area contributed by atoms with Crippen molar-refractivity contribution in [3.05, 3.63) is 35.9 Å². The lowest BCUT2D eigenvalue weighted by atomic mass is 10.2. The van der Waals surface area contributed by atoms with Crippen molar-refractivity contribution in [2.24, 2.45) is 0 Å². The van der Waals surface area contributed by atoms with E-state index in [1.807, 2.05) is 24.8 Å². The fourth-order valence-electron chi connectivity index (χ4n) is 2.61. The van der Waals surface area contributed by atoms with Gasteiger partial charge in [-0.1, -0.05) is 53.0 Å². The number of nitrogens with zero attached hydrogens (tertiary/aromatic N) is 1. The van der Waals surface area contributed by atoms with Gasteiger partial charge in [0.15, 0.2) is 0 Å². The van der Waals surface area contributed by atoms with E-state index in [1.54, 1.807) is 24.3 Å². The van der Waals surface area contributed by atoms with Gasteiger partial charge in [0.2, 0.25) is 3.79 Å². The lowest BCUT2D eigenvalue weighted by Crippen LogP contribution is -2.60. The van der Waals surface area contributed by atoms with Gasteiger partial charge in [-0.15, -0.1) is 0 Å². The van der Waals surface area contributed by atoms with Gasteiger partial charge >= 0.3 is 0 Å². The minimum Gasteiger partial charge on any atom is -0.373 e. The molecule has 0 aliphatic carbocycles. The number of rotatable bonds is 3. The minimum atomic E-state index is -1.64. The van der Waals surface area contributed by atoms with E-state index >= 15 is 0 Å². The molecule has 0 unspecified atom stereocenters. The SMILES string of the molecule is C[C@@H]1CN([C@H](NC(=O)c2ccccc2)C(Cl)(Cl)Cl)C[C@H](C)O1. The number of ether oxygens (including phenoxy) is 1. The third-order valence-electron chi connectivity index (χ3n) is 3.43. The molecular weight excluding hydrogens is 347 g/mol. The van der Waals surface area contributed by atoms with Crippen molar-refractivity contribution >= 4 is 40.7 Å². The van der Waals surface area contributed by atoms with Crippen LogP contribution in [0.2, 0.25) is 0 Å². The molecule has 1 aromatic rings. The van der Waals surface area contributed by atoms with Gasteiger partial charge in [0.1, 0.15) is 6.17 Å². The van der Waals surface area contributed by atoms with E-state index < -0.39 is 9.96 Å². The first-order chi connectivity index (χ1) is 10.3. The predicted octanol–water partition coefficient (Wildman–Crippen LogP) is 3.22. The Balaban J connectivity index is 2.15. The molecule has 22 heavy (non-hydrogen) atoms. The minimum absolute atomic E-state index is 0.00669. The Kier molecular flexibility index (Phi) is 5.97. The van der Waals surface area contributed by atoms with E-state index in [1.165, 1.54) is 0 Å². The van der Waals surface area contributed by atoms with Crippen LogP contribution in [0.1, 0.15) is 24.2 Å². The largest absolute Gasteiger partial charge is 0.373 e.